The Labute approximate surface area is 783 Å². The normalized spacial score (nSPS) is 15.0. The van der Waals surface area contributed by atoms with Crippen molar-refractivity contribution in [1.29, 1.82) is 0 Å². The summed E-state index contributed by atoms with van der Waals surface area (Å²) in [7, 11) is 0. The fourth-order valence-electron chi connectivity index (χ4n) is 20.9. The number of benzene rings is 17. The molecule has 0 atom stereocenters. The Kier molecular flexibility index (Phi) is 13.9. The van der Waals surface area contributed by atoms with Gasteiger partial charge in [0.05, 0.1) is 99.8 Å². The van der Waals surface area contributed by atoms with Gasteiger partial charge in [-0.15, -0.1) is 0 Å². The minimum absolute atomic E-state index is 0.0630. The van der Waals surface area contributed by atoms with Crippen LogP contribution in [0.3, 0.4) is 0 Å². The van der Waals surface area contributed by atoms with Crippen LogP contribution in [0.5, 0.6) is 0 Å². The van der Waals surface area contributed by atoms with Gasteiger partial charge in [0.25, 0.3) is 6.71 Å². The topological polar surface area (TPSA) is 31.1 Å². The van der Waals surface area contributed by atoms with Crippen LogP contribution in [-0.2, 0) is 27.1 Å². The summed E-state index contributed by atoms with van der Waals surface area (Å²) < 4.78 is 167. The van der Waals surface area contributed by atoms with Crippen LogP contribution in [0.2, 0.25) is 0 Å². The predicted molar refractivity (Wildman–Crippen MR) is 557 cm³/mol. The number of anilines is 6. The van der Waals surface area contributed by atoms with Gasteiger partial charge in [0, 0.05) is 105 Å². The van der Waals surface area contributed by atoms with Crippen LogP contribution in [0.15, 0.2) is 358 Å². The first-order chi connectivity index (χ1) is 69.3. The highest BCUT2D eigenvalue weighted by Gasteiger charge is 2.47. The number of hydrogen-bond donors (Lipinski definition) is 0. The van der Waals surface area contributed by atoms with Gasteiger partial charge in [0.2, 0.25) is 0 Å². The Hall–Kier alpha value is -14.6. The van der Waals surface area contributed by atoms with Crippen LogP contribution in [0.1, 0.15) is 154 Å². The van der Waals surface area contributed by atoms with Crippen LogP contribution in [0.4, 0.5) is 34.1 Å². The van der Waals surface area contributed by atoms with E-state index in [0.717, 1.165) is 122 Å². The third kappa shape index (κ3) is 12.0. The number of fused-ring (bicyclic) bond motifs is 19. The summed E-state index contributed by atoms with van der Waals surface area (Å²) in [4.78, 5) is 4.71. The molecule has 0 amide bonds. The van der Waals surface area contributed by atoms with E-state index in [1.54, 1.807) is 9.13 Å². The highest BCUT2D eigenvalue weighted by Crippen LogP contribution is 2.56. The lowest BCUT2D eigenvalue weighted by atomic mass is 9.33. The summed E-state index contributed by atoms with van der Waals surface area (Å²) in [6.45, 7) is 32.9. The fourth-order valence-corrected chi connectivity index (χ4v) is 20.9. The zero-order valence-electron chi connectivity index (χ0n) is 91.5. The molecule has 0 bridgehead atoms. The lowest BCUT2D eigenvalue weighted by Crippen LogP contribution is -2.61. The summed E-state index contributed by atoms with van der Waals surface area (Å²) in [5, 5.41) is 5.24. The van der Waals surface area contributed by atoms with Gasteiger partial charge in [0.15, 0.2) is 0 Å². The monoisotopic (exact) mass is 1690 g/mol. The van der Waals surface area contributed by atoms with Gasteiger partial charge in [-0.1, -0.05) is 316 Å². The standard InChI is InChI=1S/C122H104BN7/c1-118(2,3)77-53-61-104-94(65-77)95-66-78(119(4,5)6)54-62-105(95)124(104)83-57-59-98-110(71-83)129(109-52-34-46-91-90-45-33-51-108(116(90)127(117(91)109)82-39-23-18-24-40-82)128-102-49-31-27-43-88(102)89-44-28-32-50-103(89)128)112-73-85(126-100-47-29-25-41-86(100)87-42-26-30-48-101(87)126)74-113-114(112)123(98)99-60-58-84(125-106-63-55-79(120(7,8)9)67-96(106)97-68-80(121(10,11)12)56-64-107(97)125)72-111(99)130(113)115-92(75-35-19-16-20-36-75)69-81(122(13,14)15)70-93(115)76-37-21-17-22-38-76/h16-74H,1-15H3/i25D,26D,27D,28D,29D,30D,31D,32D,41D,42D,43D,44D,47D,48D,49D,50D. The summed E-state index contributed by atoms with van der Waals surface area (Å²) in [5.41, 5.74) is 21.8. The van der Waals surface area contributed by atoms with Gasteiger partial charge in [-0.3, -0.25) is 0 Å². The third-order valence-electron chi connectivity index (χ3n) is 27.5. The molecule has 0 radical (unpaired) electrons. The second kappa shape index (κ2) is 28.5. The third-order valence-corrected chi connectivity index (χ3v) is 27.5. The minimum atomic E-state index is -0.749. The van der Waals surface area contributed by atoms with E-state index in [1.165, 1.54) is 11.1 Å². The number of rotatable bonds is 9. The van der Waals surface area contributed by atoms with Crippen molar-refractivity contribution < 1.29 is 21.9 Å². The zero-order valence-corrected chi connectivity index (χ0v) is 75.5. The molecule has 7 nitrogen and oxygen atoms in total. The minimum Gasteiger partial charge on any atom is -0.310 e. The molecule has 0 saturated carbocycles. The molecule has 24 rings (SSSR count). The van der Waals surface area contributed by atoms with Gasteiger partial charge < -0.3 is 32.6 Å². The molecule has 22 aromatic rings. The highest BCUT2D eigenvalue weighted by molar-refractivity contribution is 7.00. The lowest BCUT2D eigenvalue weighted by Gasteiger charge is -2.45. The second-order valence-corrected chi connectivity index (χ2v) is 40.6. The van der Waals surface area contributed by atoms with Crippen molar-refractivity contribution >= 4 is 166 Å². The summed E-state index contributed by atoms with van der Waals surface area (Å²) in [5.74, 6) is 0. The van der Waals surface area contributed by atoms with Crippen molar-refractivity contribution in [3.8, 4) is 50.7 Å². The van der Waals surface area contributed by atoms with Gasteiger partial charge in [-0.05, 0) is 228 Å². The average molecular weight is 1700 g/mol. The zero-order chi connectivity index (χ0) is 103. The molecule has 630 valence electrons. The molecule has 2 aliphatic heterocycles. The highest BCUT2D eigenvalue weighted by atomic mass is 15.2. The van der Waals surface area contributed by atoms with E-state index >= 15 is 0 Å². The maximum atomic E-state index is 10.5. The molecule has 8 heteroatoms. The molecule has 0 spiro atoms. The maximum absolute atomic E-state index is 10.5. The molecular formula is C122H104BN7. The van der Waals surface area contributed by atoms with Crippen molar-refractivity contribution in [3.63, 3.8) is 0 Å². The van der Waals surface area contributed by atoms with Crippen LogP contribution >= 0.6 is 0 Å². The van der Waals surface area contributed by atoms with Crippen molar-refractivity contribution in [2.24, 2.45) is 0 Å². The van der Waals surface area contributed by atoms with E-state index < -0.39 is 109 Å². The SMILES string of the molecule is [2H]c1c([2H])c([2H])c2c(c1[2H])c1c([2H])c([2H])c([2H])c([2H])c1n2-c1cc2c3c(c1)N(c1cccc4c5cccc(-n6c7c([2H])c([2H])c([2H])c([2H])c7c7c([2H])c([2H])c([2H])c([2H])c76)c5n(-c5ccccc5)c14)c1cc(-n4c5ccc(C(C)(C)C)cc5c5cc(C(C)(C)C)ccc54)ccc1B3c1ccc(-n3c4ccc(C(C)(C)C)cc4c4cc(C(C)(C)C)ccc43)cc1N2c1c(-c2ccccc2)cc(C(C)(C)C)cc1-c1ccccc1. The molecular weight excluding hydrogens is 1570 g/mol. The largest absolute Gasteiger partial charge is 0.310 e. The molecule has 0 unspecified atom stereocenters. The second-order valence-electron chi connectivity index (χ2n) is 40.6. The smallest absolute Gasteiger partial charge is 0.252 e. The lowest BCUT2D eigenvalue weighted by molar-refractivity contribution is 0.590. The molecule has 0 fully saturated rings. The van der Waals surface area contributed by atoms with E-state index in [4.69, 9.17) is 0 Å². The van der Waals surface area contributed by atoms with Gasteiger partial charge >= 0.3 is 0 Å². The summed E-state index contributed by atoms with van der Waals surface area (Å²) >= 11 is 0. The van der Waals surface area contributed by atoms with Crippen molar-refractivity contribution in [2.45, 2.75) is 131 Å². The van der Waals surface area contributed by atoms with Crippen molar-refractivity contribution in [3.05, 3.63) is 385 Å². The number of para-hydroxylation sites is 7. The van der Waals surface area contributed by atoms with Gasteiger partial charge in [-0.2, -0.15) is 0 Å². The molecule has 5 aromatic heterocycles. The summed E-state index contributed by atoms with van der Waals surface area (Å²) in [6.07, 6.45) is 0. The van der Waals surface area contributed by atoms with E-state index in [0.29, 0.717) is 55.9 Å². The molecule has 0 aliphatic carbocycles. The Bertz CT molecular complexity index is 9190. The van der Waals surface area contributed by atoms with Crippen LogP contribution in [-0.4, -0.2) is 29.5 Å². The van der Waals surface area contributed by atoms with E-state index in [2.05, 4.69) is 315 Å². The molecule has 130 heavy (non-hydrogen) atoms. The molecule has 0 saturated heterocycles. The summed E-state index contributed by atoms with van der Waals surface area (Å²) in [6, 6.07) is 84.0. The Morgan fingerprint density at radius 3 is 0.962 bits per heavy atom. The van der Waals surface area contributed by atoms with Gasteiger partial charge in [-0.25, -0.2) is 0 Å². The van der Waals surface area contributed by atoms with E-state index in [-0.39, 0.29) is 71.0 Å². The van der Waals surface area contributed by atoms with E-state index in [9.17, 15) is 21.9 Å². The van der Waals surface area contributed by atoms with Crippen molar-refractivity contribution in [2.75, 3.05) is 9.80 Å². The van der Waals surface area contributed by atoms with Gasteiger partial charge in [0.1, 0.15) is 0 Å². The number of nitrogens with zero attached hydrogens (tertiary/aromatic N) is 7. The molecule has 7 heterocycles. The first-order valence-electron chi connectivity index (χ1n) is 53.0. The maximum Gasteiger partial charge on any atom is 0.252 e. The first kappa shape index (κ1) is 63.4. The fraction of sp³-hybridized carbons (Fsp3) is 0.164. The van der Waals surface area contributed by atoms with E-state index in [1.807, 2.05) is 72.8 Å². The number of hydrogen-bond acceptors (Lipinski definition) is 2. The Morgan fingerprint density at radius 2 is 0.562 bits per heavy atom. The Balaban J connectivity index is 0.933. The van der Waals surface area contributed by atoms with Crippen LogP contribution in [0, 0.1) is 0 Å². The van der Waals surface area contributed by atoms with Crippen molar-refractivity contribution in [1.82, 2.24) is 22.8 Å². The van der Waals surface area contributed by atoms with Crippen LogP contribution in [0.25, 0.3) is 160 Å². The predicted octanol–water partition coefficient (Wildman–Crippen LogP) is 31.1. The molecule has 0 N–H and O–H groups in total. The average Bonchev–Trinajstić information content (AvgIpc) is 1.65. The first-order valence-corrected chi connectivity index (χ1v) is 45.0. The molecule has 2 aliphatic rings. The quantitative estimate of drug-likeness (QED) is 0.135. The molecule has 17 aromatic carbocycles. The van der Waals surface area contributed by atoms with Crippen LogP contribution < -0.4 is 26.2 Å². The number of aromatic nitrogens is 5. The Morgan fingerprint density at radius 1 is 0.223 bits per heavy atom.